The summed E-state index contributed by atoms with van der Waals surface area (Å²) in [7, 11) is 0. The number of non-ortho nitro benzene ring substituents is 1. The number of phenols is 1. The molecule has 8 nitrogen and oxygen atoms in total. The predicted octanol–water partition coefficient (Wildman–Crippen LogP) is 1.83. The molecular formula is C13H14N4O4. The molecule has 8 heteroatoms. The normalized spacial score (nSPS) is 10.3. The summed E-state index contributed by atoms with van der Waals surface area (Å²) < 4.78 is 1.63. The van der Waals surface area contributed by atoms with Crippen molar-refractivity contribution < 1.29 is 14.8 Å². The zero-order valence-corrected chi connectivity index (χ0v) is 11.3. The first-order valence-corrected chi connectivity index (χ1v) is 6.22. The molecule has 0 bridgehead atoms. The summed E-state index contributed by atoms with van der Waals surface area (Å²) in [5, 5.41) is 26.8. The van der Waals surface area contributed by atoms with Gasteiger partial charge in [0.05, 0.1) is 16.8 Å². The monoisotopic (exact) mass is 290 g/mol. The molecule has 0 atom stereocenters. The lowest BCUT2D eigenvalue weighted by atomic mass is 10.2. The number of nitrogens with one attached hydrogen (secondary N) is 1. The van der Waals surface area contributed by atoms with Gasteiger partial charge in [-0.3, -0.25) is 19.6 Å². The number of hydrogen-bond acceptors (Lipinski definition) is 5. The minimum Gasteiger partial charge on any atom is -0.506 e. The number of aromatic nitrogens is 2. The van der Waals surface area contributed by atoms with Gasteiger partial charge in [0.25, 0.3) is 5.69 Å². The minimum absolute atomic E-state index is 0.0193. The molecule has 0 aliphatic heterocycles. The number of rotatable bonds is 5. The van der Waals surface area contributed by atoms with E-state index in [0.717, 1.165) is 17.7 Å². The van der Waals surface area contributed by atoms with Crippen LogP contribution in [0.25, 0.3) is 0 Å². The SMILES string of the molecule is Cc1cnn(CCC(=O)Nc2cc([N+](=O)[O-])ccc2O)c1. The van der Waals surface area contributed by atoms with E-state index in [0.29, 0.717) is 6.54 Å². The number of nitro benzene ring substituents is 1. The highest BCUT2D eigenvalue weighted by Gasteiger charge is 2.12. The molecule has 110 valence electrons. The number of phenolic OH excluding ortho intramolecular Hbond substituents is 1. The lowest BCUT2D eigenvalue weighted by Crippen LogP contribution is -2.15. The maximum absolute atomic E-state index is 11.8. The van der Waals surface area contributed by atoms with E-state index in [-0.39, 0.29) is 29.5 Å². The summed E-state index contributed by atoms with van der Waals surface area (Å²) in [5.41, 5.74) is 0.809. The summed E-state index contributed by atoms with van der Waals surface area (Å²) in [5.74, 6) is -0.581. The van der Waals surface area contributed by atoms with E-state index in [9.17, 15) is 20.0 Å². The van der Waals surface area contributed by atoms with Crippen LogP contribution in [0.4, 0.5) is 11.4 Å². The van der Waals surface area contributed by atoms with Crippen molar-refractivity contribution in [1.29, 1.82) is 0 Å². The molecule has 0 unspecified atom stereocenters. The average molecular weight is 290 g/mol. The fourth-order valence-corrected chi connectivity index (χ4v) is 1.76. The van der Waals surface area contributed by atoms with E-state index in [1.54, 1.807) is 17.1 Å². The van der Waals surface area contributed by atoms with Gasteiger partial charge in [0, 0.05) is 31.3 Å². The van der Waals surface area contributed by atoms with E-state index < -0.39 is 4.92 Å². The maximum atomic E-state index is 11.8. The lowest BCUT2D eigenvalue weighted by molar-refractivity contribution is -0.384. The number of benzene rings is 1. The molecule has 21 heavy (non-hydrogen) atoms. The van der Waals surface area contributed by atoms with E-state index >= 15 is 0 Å². The Labute approximate surface area is 120 Å². The Morgan fingerprint density at radius 3 is 2.90 bits per heavy atom. The molecule has 0 aliphatic carbocycles. The summed E-state index contributed by atoms with van der Waals surface area (Å²) in [6, 6.07) is 3.45. The second-order valence-electron chi connectivity index (χ2n) is 4.54. The fourth-order valence-electron chi connectivity index (χ4n) is 1.76. The van der Waals surface area contributed by atoms with Crippen LogP contribution in [0.5, 0.6) is 5.75 Å². The van der Waals surface area contributed by atoms with Gasteiger partial charge in [0.2, 0.25) is 5.91 Å². The maximum Gasteiger partial charge on any atom is 0.271 e. The zero-order chi connectivity index (χ0) is 15.4. The van der Waals surface area contributed by atoms with Gasteiger partial charge < -0.3 is 10.4 Å². The first-order chi connectivity index (χ1) is 9.95. The van der Waals surface area contributed by atoms with Crippen LogP contribution < -0.4 is 5.32 Å². The molecule has 2 N–H and O–H groups in total. The Balaban J connectivity index is 1.99. The van der Waals surface area contributed by atoms with Crippen molar-refractivity contribution in [2.75, 3.05) is 5.32 Å². The van der Waals surface area contributed by atoms with Crippen LogP contribution in [0.2, 0.25) is 0 Å². The van der Waals surface area contributed by atoms with E-state index in [1.165, 1.54) is 6.07 Å². The molecule has 0 aliphatic rings. The number of nitrogens with zero attached hydrogens (tertiary/aromatic N) is 3. The largest absolute Gasteiger partial charge is 0.506 e. The Morgan fingerprint density at radius 1 is 1.52 bits per heavy atom. The molecule has 1 amide bonds. The number of aryl methyl sites for hydroxylation is 2. The molecule has 2 rings (SSSR count). The van der Waals surface area contributed by atoms with Crippen molar-refractivity contribution in [2.45, 2.75) is 19.9 Å². The van der Waals surface area contributed by atoms with Gasteiger partial charge >= 0.3 is 0 Å². The van der Waals surface area contributed by atoms with Crippen LogP contribution in [0.15, 0.2) is 30.6 Å². The summed E-state index contributed by atoms with van der Waals surface area (Å²) >= 11 is 0. The first kappa shape index (κ1) is 14.5. The molecule has 1 aromatic carbocycles. The van der Waals surface area contributed by atoms with Crippen molar-refractivity contribution in [2.24, 2.45) is 0 Å². The average Bonchev–Trinajstić information content (AvgIpc) is 2.84. The second kappa shape index (κ2) is 6.04. The van der Waals surface area contributed by atoms with Gasteiger partial charge in [-0.1, -0.05) is 0 Å². The number of hydrogen-bond donors (Lipinski definition) is 2. The first-order valence-electron chi connectivity index (χ1n) is 6.22. The molecule has 0 spiro atoms. The van der Waals surface area contributed by atoms with Gasteiger partial charge in [-0.25, -0.2) is 0 Å². The number of anilines is 1. The van der Waals surface area contributed by atoms with E-state index in [2.05, 4.69) is 10.4 Å². The molecule has 1 heterocycles. The number of amides is 1. The van der Waals surface area contributed by atoms with Crippen molar-refractivity contribution in [3.05, 3.63) is 46.3 Å². The summed E-state index contributed by atoms with van der Waals surface area (Å²) in [6.07, 6.45) is 3.63. The number of carbonyl (C=O) groups excluding carboxylic acids is 1. The van der Waals surface area contributed by atoms with E-state index in [1.807, 2.05) is 6.92 Å². The third-order valence-corrected chi connectivity index (χ3v) is 2.80. The van der Waals surface area contributed by atoms with E-state index in [4.69, 9.17) is 0 Å². The van der Waals surface area contributed by atoms with Crippen molar-refractivity contribution in [3.8, 4) is 5.75 Å². The Bertz CT molecular complexity index is 681. The standard InChI is InChI=1S/C13H14N4O4/c1-9-7-14-16(8-9)5-4-13(19)15-11-6-10(17(20)21)2-3-12(11)18/h2-3,6-8,18H,4-5H2,1H3,(H,15,19). The Morgan fingerprint density at radius 2 is 2.29 bits per heavy atom. The molecular weight excluding hydrogens is 276 g/mol. The van der Waals surface area contributed by atoms with Crippen LogP contribution in [-0.2, 0) is 11.3 Å². The highest BCUT2D eigenvalue weighted by molar-refractivity contribution is 5.92. The topological polar surface area (TPSA) is 110 Å². The fraction of sp³-hybridized carbons (Fsp3) is 0.231. The van der Waals surface area contributed by atoms with Crippen LogP contribution in [0.3, 0.4) is 0 Å². The molecule has 1 aromatic heterocycles. The number of aromatic hydroxyl groups is 1. The molecule has 0 fully saturated rings. The van der Waals surface area contributed by atoms with Crippen molar-refractivity contribution >= 4 is 17.3 Å². The summed E-state index contributed by atoms with van der Waals surface area (Å²) in [6.45, 7) is 2.28. The molecule has 0 radical (unpaired) electrons. The zero-order valence-electron chi connectivity index (χ0n) is 11.3. The van der Waals surface area contributed by atoms with Gasteiger partial charge in [-0.2, -0.15) is 5.10 Å². The van der Waals surface area contributed by atoms with Gasteiger partial charge in [0.15, 0.2) is 0 Å². The van der Waals surface area contributed by atoms with Gasteiger partial charge in [-0.15, -0.1) is 0 Å². The molecule has 0 saturated heterocycles. The van der Waals surface area contributed by atoms with Crippen LogP contribution in [0, 0.1) is 17.0 Å². The highest BCUT2D eigenvalue weighted by atomic mass is 16.6. The van der Waals surface area contributed by atoms with Crippen LogP contribution >= 0.6 is 0 Å². The Hall–Kier alpha value is -2.90. The highest BCUT2D eigenvalue weighted by Crippen LogP contribution is 2.27. The predicted molar refractivity (Wildman–Crippen MR) is 75.0 cm³/mol. The van der Waals surface area contributed by atoms with Crippen molar-refractivity contribution in [3.63, 3.8) is 0 Å². The Kier molecular flexibility index (Phi) is 4.17. The number of carbonyl (C=O) groups is 1. The minimum atomic E-state index is -0.596. The van der Waals surface area contributed by atoms with Crippen LogP contribution in [0.1, 0.15) is 12.0 Å². The molecule has 0 saturated carbocycles. The van der Waals surface area contributed by atoms with Gasteiger partial charge in [0.1, 0.15) is 5.75 Å². The summed E-state index contributed by atoms with van der Waals surface area (Å²) in [4.78, 5) is 21.9. The van der Waals surface area contributed by atoms with Crippen molar-refractivity contribution in [1.82, 2.24) is 9.78 Å². The smallest absolute Gasteiger partial charge is 0.271 e. The quantitative estimate of drug-likeness (QED) is 0.496. The third-order valence-electron chi connectivity index (χ3n) is 2.80. The third kappa shape index (κ3) is 3.78. The van der Waals surface area contributed by atoms with Gasteiger partial charge in [-0.05, 0) is 18.6 Å². The number of nitro groups is 1. The lowest BCUT2D eigenvalue weighted by Gasteiger charge is -2.07. The molecule has 2 aromatic rings. The second-order valence-corrected chi connectivity index (χ2v) is 4.54. The van der Waals surface area contributed by atoms with Crippen LogP contribution in [-0.4, -0.2) is 25.7 Å².